The van der Waals surface area contributed by atoms with E-state index in [1.807, 2.05) is 32.0 Å². The molecule has 1 aromatic carbocycles. The Bertz CT molecular complexity index is 990. The van der Waals surface area contributed by atoms with E-state index in [-0.39, 0.29) is 5.91 Å². The predicted molar refractivity (Wildman–Crippen MR) is 118 cm³/mol. The number of aromatic nitrogens is 3. The Morgan fingerprint density at radius 1 is 1.21 bits per heavy atom. The zero-order valence-corrected chi connectivity index (χ0v) is 18.6. The van der Waals surface area contributed by atoms with Crippen LogP contribution in [0.3, 0.4) is 0 Å². The number of nitrogens with one attached hydrogen (secondary N) is 1. The van der Waals surface area contributed by atoms with Crippen LogP contribution >= 0.6 is 23.1 Å². The van der Waals surface area contributed by atoms with Crippen LogP contribution in [-0.2, 0) is 11.3 Å². The molecule has 0 bridgehead atoms. The molecule has 0 spiro atoms. The van der Waals surface area contributed by atoms with E-state index in [1.165, 1.54) is 22.2 Å². The van der Waals surface area contributed by atoms with Gasteiger partial charge in [0.25, 0.3) is 0 Å². The third kappa shape index (κ3) is 4.47. The lowest BCUT2D eigenvalue weighted by atomic mass is 10.1. The summed E-state index contributed by atoms with van der Waals surface area (Å²) in [6, 6.07) is 6.06. The van der Waals surface area contributed by atoms with Gasteiger partial charge in [0, 0.05) is 28.1 Å². The summed E-state index contributed by atoms with van der Waals surface area (Å²) in [5, 5.41) is 14.7. The number of carbonyl (C=O) groups excluding carboxylic acids is 1. The summed E-state index contributed by atoms with van der Waals surface area (Å²) in [4.78, 5) is 13.8. The molecule has 0 fully saturated rings. The smallest absolute Gasteiger partial charge is 0.234 e. The van der Waals surface area contributed by atoms with Gasteiger partial charge in [-0.25, -0.2) is 0 Å². The molecule has 5 nitrogen and oxygen atoms in total. The summed E-state index contributed by atoms with van der Waals surface area (Å²) >= 11 is 3.17. The van der Waals surface area contributed by atoms with Gasteiger partial charge in [-0.2, -0.15) is 0 Å². The maximum absolute atomic E-state index is 12.5. The maximum atomic E-state index is 12.5. The minimum absolute atomic E-state index is 0.0335. The van der Waals surface area contributed by atoms with Crippen LogP contribution in [0.15, 0.2) is 28.7 Å². The standard InChI is InChI=1S/C21H26N4OS2/c1-6-9-25-20(17-11-27-16(5)15(17)4)23-24-21(25)28-12-19(26)22-18-10-13(2)7-8-14(18)3/h7-8,10-11H,6,9,12H2,1-5H3,(H,22,26). The van der Waals surface area contributed by atoms with Gasteiger partial charge in [0.15, 0.2) is 11.0 Å². The van der Waals surface area contributed by atoms with Crippen LogP contribution in [0.5, 0.6) is 0 Å². The van der Waals surface area contributed by atoms with Crippen molar-refractivity contribution in [1.29, 1.82) is 0 Å². The van der Waals surface area contributed by atoms with Gasteiger partial charge in [0.05, 0.1) is 5.75 Å². The fraction of sp³-hybridized carbons (Fsp3) is 0.381. The van der Waals surface area contributed by atoms with Crippen LogP contribution < -0.4 is 5.32 Å². The number of nitrogens with zero attached hydrogens (tertiary/aromatic N) is 3. The molecule has 0 aliphatic carbocycles. The second kappa shape index (κ2) is 8.92. The largest absolute Gasteiger partial charge is 0.325 e. The Kier molecular flexibility index (Phi) is 6.57. The van der Waals surface area contributed by atoms with Crippen molar-refractivity contribution in [1.82, 2.24) is 14.8 Å². The quantitative estimate of drug-likeness (QED) is 0.527. The molecule has 1 amide bonds. The fourth-order valence-corrected chi connectivity index (χ4v) is 4.57. The van der Waals surface area contributed by atoms with Crippen molar-refractivity contribution in [3.05, 3.63) is 45.1 Å². The summed E-state index contributed by atoms with van der Waals surface area (Å²) in [6.45, 7) is 11.2. The summed E-state index contributed by atoms with van der Waals surface area (Å²) in [5.74, 6) is 1.16. The molecule has 3 rings (SSSR count). The molecule has 0 unspecified atom stereocenters. The van der Waals surface area contributed by atoms with Gasteiger partial charge in [0.1, 0.15) is 0 Å². The highest BCUT2D eigenvalue weighted by Crippen LogP contribution is 2.31. The summed E-state index contributed by atoms with van der Waals surface area (Å²) in [7, 11) is 0. The number of hydrogen-bond acceptors (Lipinski definition) is 5. The summed E-state index contributed by atoms with van der Waals surface area (Å²) < 4.78 is 2.13. The summed E-state index contributed by atoms with van der Waals surface area (Å²) in [6.07, 6.45) is 0.982. The summed E-state index contributed by atoms with van der Waals surface area (Å²) in [5.41, 5.74) is 5.44. The number of thioether (sulfide) groups is 1. The van der Waals surface area contributed by atoms with E-state index in [2.05, 4.69) is 46.2 Å². The van der Waals surface area contributed by atoms with Crippen molar-refractivity contribution in [3.63, 3.8) is 0 Å². The fourth-order valence-electron chi connectivity index (χ4n) is 2.94. The van der Waals surface area contributed by atoms with Gasteiger partial charge >= 0.3 is 0 Å². The normalized spacial score (nSPS) is 11.0. The predicted octanol–water partition coefficient (Wildman–Crippen LogP) is 5.38. The molecule has 2 aromatic heterocycles. The Morgan fingerprint density at radius 3 is 2.68 bits per heavy atom. The molecule has 2 heterocycles. The molecular weight excluding hydrogens is 388 g/mol. The molecule has 7 heteroatoms. The molecular formula is C21H26N4OS2. The zero-order chi connectivity index (χ0) is 20.3. The number of aryl methyl sites for hydroxylation is 3. The lowest BCUT2D eigenvalue weighted by Gasteiger charge is -2.10. The monoisotopic (exact) mass is 414 g/mol. The second-order valence-electron chi connectivity index (χ2n) is 6.94. The third-order valence-electron chi connectivity index (χ3n) is 4.69. The molecule has 0 aliphatic rings. The number of rotatable bonds is 7. The number of carbonyl (C=O) groups is 1. The first-order valence-corrected chi connectivity index (χ1v) is 11.3. The molecule has 0 atom stereocenters. The van der Waals surface area contributed by atoms with E-state index >= 15 is 0 Å². The average molecular weight is 415 g/mol. The average Bonchev–Trinajstić information content (AvgIpc) is 3.20. The van der Waals surface area contributed by atoms with E-state index in [9.17, 15) is 4.79 Å². The minimum Gasteiger partial charge on any atom is -0.325 e. The van der Waals surface area contributed by atoms with E-state index in [1.54, 1.807) is 11.3 Å². The van der Waals surface area contributed by atoms with Crippen molar-refractivity contribution in [2.45, 2.75) is 52.7 Å². The molecule has 148 valence electrons. The molecule has 1 N–H and O–H groups in total. The highest BCUT2D eigenvalue weighted by atomic mass is 32.2. The molecule has 0 saturated carbocycles. The first-order chi connectivity index (χ1) is 13.4. The van der Waals surface area contributed by atoms with Crippen LogP contribution in [0.2, 0.25) is 0 Å². The van der Waals surface area contributed by atoms with Crippen LogP contribution in [0, 0.1) is 27.7 Å². The van der Waals surface area contributed by atoms with Crippen LogP contribution in [0.25, 0.3) is 11.4 Å². The molecule has 0 radical (unpaired) electrons. The third-order valence-corrected chi connectivity index (χ3v) is 6.67. The Balaban J connectivity index is 1.74. The van der Waals surface area contributed by atoms with E-state index in [4.69, 9.17) is 0 Å². The first-order valence-electron chi connectivity index (χ1n) is 9.38. The van der Waals surface area contributed by atoms with Crippen LogP contribution in [-0.4, -0.2) is 26.4 Å². The van der Waals surface area contributed by atoms with E-state index in [0.29, 0.717) is 5.75 Å². The zero-order valence-electron chi connectivity index (χ0n) is 17.0. The van der Waals surface area contributed by atoms with Crippen LogP contribution in [0.4, 0.5) is 5.69 Å². The van der Waals surface area contributed by atoms with Gasteiger partial charge < -0.3 is 9.88 Å². The van der Waals surface area contributed by atoms with Crippen molar-refractivity contribution in [3.8, 4) is 11.4 Å². The molecule has 0 saturated heterocycles. The van der Waals surface area contributed by atoms with Crippen molar-refractivity contribution in [2.75, 3.05) is 11.1 Å². The SMILES string of the molecule is CCCn1c(SCC(=O)Nc2cc(C)ccc2C)nnc1-c1csc(C)c1C. The minimum atomic E-state index is -0.0335. The van der Waals surface area contributed by atoms with E-state index < -0.39 is 0 Å². The first kappa shape index (κ1) is 20.6. The number of benzene rings is 1. The van der Waals surface area contributed by atoms with Crippen molar-refractivity contribution >= 4 is 34.7 Å². The Hall–Kier alpha value is -2.12. The topological polar surface area (TPSA) is 59.8 Å². The van der Waals surface area contributed by atoms with Gasteiger partial charge in [-0.15, -0.1) is 21.5 Å². The molecule has 0 aliphatic heterocycles. The van der Waals surface area contributed by atoms with Crippen molar-refractivity contribution < 1.29 is 4.79 Å². The van der Waals surface area contributed by atoms with Gasteiger partial charge in [0.2, 0.25) is 5.91 Å². The lowest BCUT2D eigenvalue weighted by molar-refractivity contribution is -0.113. The highest BCUT2D eigenvalue weighted by Gasteiger charge is 2.18. The van der Waals surface area contributed by atoms with Crippen molar-refractivity contribution in [2.24, 2.45) is 0 Å². The van der Waals surface area contributed by atoms with Crippen LogP contribution in [0.1, 0.15) is 34.9 Å². The Labute approximate surface area is 174 Å². The number of anilines is 1. The molecule has 28 heavy (non-hydrogen) atoms. The van der Waals surface area contributed by atoms with Gasteiger partial charge in [-0.1, -0.05) is 30.8 Å². The number of thiophene rings is 1. The lowest BCUT2D eigenvalue weighted by Crippen LogP contribution is -2.15. The van der Waals surface area contributed by atoms with E-state index in [0.717, 1.165) is 46.3 Å². The number of amides is 1. The number of hydrogen-bond donors (Lipinski definition) is 1. The molecule has 3 aromatic rings. The van der Waals surface area contributed by atoms with Gasteiger partial charge in [-0.05, 0) is 56.9 Å². The van der Waals surface area contributed by atoms with Gasteiger partial charge in [-0.3, -0.25) is 4.79 Å². The Morgan fingerprint density at radius 2 is 2.00 bits per heavy atom. The maximum Gasteiger partial charge on any atom is 0.234 e. The highest BCUT2D eigenvalue weighted by molar-refractivity contribution is 7.99. The second-order valence-corrected chi connectivity index (χ2v) is 8.97.